The molecule has 1 aliphatic carbocycles. The number of hydrogen-bond donors (Lipinski definition) is 0. The number of hydrogen-bond acceptors (Lipinski definition) is 2. The summed E-state index contributed by atoms with van der Waals surface area (Å²) in [7, 11) is 0. The van der Waals surface area contributed by atoms with Crippen molar-refractivity contribution in [2.75, 3.05) is 0 Å². The molecule has 0 radical (unpaired) electrons. The summed E-state index contributed by atoms with van der Waals surface area (Å²) >= 11 is 0. The van der Waals surface area contributed by atoms with Gasteiger partial charge in [-0.05, 0) is 37.8 Å². The van der Waals surface area contributed by atoms with Gasteiger partial charge in [0, 0.05) is 0 Å². The van der Waals surface area contributed by atoms with Gasteiger partial charge in [0.25, 0.3) is 0 Å². The van der Waals surface area contributed by atoms with E-state index in [9.17, 15) is 0 Å². The molecule has 0 aromatic heterocycles. The molecule has 2 nitrogen and oxygen atoms in total. The van der Waals surface area contributed by atoms with Crippen LogP contribution in [0.15, 0.2) is 24.3 Å². The maximum Gasteiger partial charge on any atom is 0.161 e. The summed E-state index contributed by atoms with van der Waals surface area (Å²) in [5, 5.41) is 0. The number of ether oxygens (including phenoxy) is 2. The molecule has 1 aromatic rings. The topological polar surface area (TPSA) is 18.5 Å². The molecule has 2 aliphatic rings. The van der Waals surface area contributed by atoms with E-state index in [1.54, 1.807) is 0 Å². The molecule has 3 rings (SSSR count). The molecule has 1 heterocycles. The van der Waals surface area contributed by atoms with E-state index in [2.05, 4.69) is 0 Å². The lowest BCUT2D eigenvalue weighted by atomic mass is 9.94. The number of rotatable bonds is 0. The first-order valence-corrected chi connectivity index (χ1v) is 5.36. The van der Waals surface area contributed by atoms with Gasteiger partial charge in [0.15, 0.2) is 11.5 Å². The van der Waals surface area contributed by atoms with E-state index < -0.39 is 0 Å². The summed E-state index contributed by atoms with van der Waals surface area (Å²) < 4.78 is 11.8. The highest BCUT2D eigenvalue weighted by Crippen LogP contribution is 2.37. The second-order valence-corrected chi connectivity index (χ2v) is 4.04. The molecular formula is C12H14O2. The van der Waals surface area contributed by atoms with Gasteiger partial charge in [-0.3, -0.25) is 0 Å². The van der Waals surface area contributed by atoms with Crippen molar-refractivity contribution in [1.29, 1.82) is 0 Å². The minimum atomic E-state index is 0.290. The van der Waals surface area contributed by atoms with Gasteiger partial charge in [-0.25, -0.2) is 0 Å². The van der Waals surface area contributed by atoms with Crippen LogP contribution in [0.4, 0.5) is 0 Å². The van der Waals surface area contributed by atoms with Crippen molar-refractivity contribution < 1.29 is 9.47 Å². The molecule has 1 aliphatic heterocycles. The van der Waals surface area contributed by atoms with Crippen molar-refractivity contribution >= 4 is 0 Å². The van der Waals surface area contributed by atoms with E-state index in [-0.39, 0.29) is 0 Å². The SMILES string of the molecule is c1ccc2c(c1)O[C@H]1CCCC[C@@H]1O2. The molecule has 74 valence electrons. The van der Waals surface area contributed by atoms with Crippen LogP contribution in [0.3, 0.4) is 0 Å². The number of para-hydroxylation sites is 2. The molecule has 1 fully saturated rings. The molecule has 0 amide bonds. The van der Waals surface area contributed by atoms with Crippen LogP contribution in [0.1, 0.15) is 25.7 Å². The molecule has 2 atom stereocenters. The van der Waals surface area contributed by atoms with E-state index in [4.69, 9.17) is 9.47 Å². The van der Waals surface area contributed by atoms with E-state index in [0.717, 1.165) is 24.3 Å². The highest BCUT2D eigenvalue weighted by Gasteiger charge is 2.33. The fraction of sp³-hybridized carbons (Fsp3) is 0.500. The zero-order valence-corrected chi connectivity index (χ0v) is 8.11. The molecule has 0 spiro atoms. The minimum absolute atomic E-state index is 0.290. The summed E-state index contributed by atoms with van der Waals surface area (Å²) in [6.07, 6.45) is 5.40. The van der Waals surface area contributed by atoms with Gasteiger partial charge < -0.3 is 9.47 Å². The summed E-state index contributed by atoms with van der Waals surface area (Å²) in [4.78, 5) is 0. The van der Waals surface area contributed by atoms with Gasteiger partial charge in [0.05, 0.1) is 0 Å². The van der Waals surface area contributed by atoms with E-state index >= 15 is 0 Å². The molecule has 14 heavy (non-hydrogen) atoms. The van der Waals surface area contributed by atoms with Crippen molar-refractivity contribution in [3.05, 3.63) is 24.3 Å². The zero-order chi connectivity index (χ0) is 9.38. The van der Waals surface area contributed by atoms with Crippen LogP contribution >= 0.6 is 0 Å². The van der Waals surface area contributed by atoms with Crippen LogP contribution in [0.2, 0.25) is 0 Å². The Hall–Kier alpha value is -1.18. The van der Waals surface area contributed by atoms with Crippen molar-refractivity contribution in [2.45, 2.75) is 37.9 Å². The normalized spacial score (nSPS) is 29.4. The largest absolute Gasteiger partial charge is 0.483 e. The smallest absolute Gasteiger partial charge is 0.161 e. The lowest BCUT2D eigenvalue weighted by Crippen LogP contribution is -2.41. The van der Waals surface area contributed by atoms with E-state index in [1.165, 1.54) is 12.8 Å². The molecule has 0 saturated heterocycles. The van der Waals surface area contributed by atoms with Crippen LogP contribution in [-0.2, 0) is 0 Å². The van der Waals surface area contributed by atoms with Crippen LogP contribution in [0.25, 0.3) is 0 Å². The maximum atomic E-state index is 5.91. The third-order valence-corrected chi connectivity index (χ3v) is 3.05. The quantitative estimate of drug-likeness (QED) is 0.626. The van der Waals surface area contributed by atoms with Gasteiger partial charge in [-0.15, -0.1) is 0 Å². The highest BCUT2D eigenvalue weighted by molar-refractivity contribution is 5.41. The third-order valence-electron chi connectivity index (χ3n) is 3.05. The highest BCUT2D eigenvalue weighted by atomic mass is 16.6. The zero-order valence-electron chi connectivity index (χ0n) is 8.11. The second kappa shape index (κ2) is 3.19. The van der Waals surface area contributed by atoms with Crippen LogP contribution in [0.5, 0.6) is 11.5 Å². The first-order chi connectivity index (χ1) is 6.93. The Kier molecular flexibility index (Phi) is 1.86. The Balaban J connectivity index is 1.91. The van der Waals surface area contributed by atoms with Crippen molar-refractivity contribution in [3.63, 3.8) is 0 Å². The van der Waals surface area contributed by atoms with Crippen LogP contribution in [-0.4, -0.2) is 12.2 Å². The number of benzene rings is 1. The summed E-state index contributed by atoms with van der Waals surface area (Å²) in [5.41, 5.74) is 0. The lowest BCUT2D eigenvalue weighted by Gasteiger charge is -2.36. The molecular weight excluding hydrogens is 176 g/mol. The molecule has 1 aromatic carbocycles. The first-order valence-electron chi connectivity index (χ1n) is 5.36. The van der Waals surface area contributed by atoms with E-state index in [0.29, 0.717) is 12.2 Å². The summed E-state index contributed by atoms with van der Waals surface area (Å²) in [6, 6.07) is 7.96. The fourth-order valence-electron chi connectivity index (χ4n) is 2.30. The van der Waals surface area contributed by atoms with E-state index in [1.807, 2.05) is 24.3 Å². The van der Waals surface area contributed by atoms with Gasteiger partial charge in [-0.2, -0.15) is 0 Å². The lowest BCUT2D eigenvalue weighted by molar-refractivity contribution is -0.00601. The molecule has 1 saturated carbocycles. The van der Waals surface area contributed by atoms with Gasteiger partial charge in [0.2, 0.25) is 0 Å². The Bertz CT molecular complexity index is 302. The minimum Gasteiger partial charge on any atom is -0.483 e. The predicted molar refractivity (Wildman–Crippen MR) is 53.7 cm³/mol. The van der Waals surface area contributed by atoms with Crippen molar-refractivity contribution in [1.82, 2.24) is 0 Å². The van der Waals surface area contributed by atoms with Crippen molar-refractivity contribution in [2.24, 2.45) is 0 Å². The summed E-state index contributed by atoms with van der Waals surface area (Å²) in [6.45, 7) is 0. The summed E-state index contributed by atoms with van der Waals surface area (Å²) in [5.74, 6) is 1.83. The first kappa shape index (κ1) is 8.16. The van der Waals surface area contributed by atoms with Crippen LogP contribution < -0.4 is 9.47 Å². The third kappa shape index (κ3) is 1.26. The molecule has 2 heteroatoms. The van der Waals surface area contributed by atoms with Gasteiger partial charge in [-0.1, -0.05) is 12.1 Å². The van der Waals surface area contributed by atoms with Gasteiger partial charge >= 0.3 is 0 Å². The molecule has 0 bridgehead atoms. The standard InChI is InChI=1S/C12H14O2/c1-2-6-10-9(5-1)13-11-7-3-4-8-12(11)14-10/h1-2,5-6,11-12H,3-4,7-8H2/t11-,12-/m0/s1. The van der Waals surface area contributed by atoms with Crippen molar-refractivity contribution in [3.8, 4) is 11.5 Å². The average Bonchev–Trinajstić information content (AvgIpc) is 2.26. The Labute approximate surface area is 83.8 Å². The Morgan fingerprint density at radius 2 is 1.36 bits per heavy atom. The number of fused-ring (bicyclic) bond motifs is 2. The predicted octanol–water partition coefficient (Wildman–Crippen LogP) is 2.77. The molecule has 0 N–H and O–H groups in total. The Morgan fingerprint density at radius 1 is 0.857 bits per heavy atom. The monoisotopic (exact) mass is 190 g/mol. The average molecular weight is 190 g/mol. The van der Waals surface area contributed by atoms with Crippen LogP contribution in [0, 0.1) is 0 Å². The Morgan fingerprint density at radius 3 is 1.86 bits per heavy atom. The fourth-order valence-corrected chi connectivity index (χ4v) is 2.30. The van der Waals surface area contributed by atoms with Gasteiger partial charge in [0.1, 0.15) is 12.2 Å². The molecule has 0 unspecified atom stereocenters. The second-order valence-electron chi connectivity index (χ2n) is 4.04. The maximum absolute atomic E-state index is 5.91.